The van der Waals surface area contributed by atoms with Gasteiger partial charge in [-0.3, -0.25) is 0 Å². The van der Waals surface area contributed by atoms with Gasteiger partial charge < -0.3 is 9.64 Å². The predicted molar refractivity (Wildman–Crippen MR) is 148 cm³/mol. The maximum Gasteiger partial charge on any atom is 0.119 e. The van der Waals surface area contributed by atoms with E-state index in [2.05, 4.69) is 126 Å². The second-order valence-electron chi connectivity index (χ2n) is 8.25. The summed E-state index contributed by atoms with van der Waals surface area (Å²) in [5.74, 6) is 0.843. The Morgan fingerprint density at radius 1 is 0.514 bits per heavy atom. The number of ether oxygens (including phenoxy) is 1. The summed E-state index contributed by atoms with van der Waals surface area (Å²) in [5, 5.41) is 0. The summed E-state index contributed by atoms with van der Waals surface area (Å²) in [6.07, 6.45) is 2.25. The van der Waals surface area contributed by atoms with Gasteiger partial charge in [0.2, 0.25) is 0 Å². The van der Waals surface area contributed by atoms with Gasteiger partial charge in [0.1, 0.15) is 5.75 Å². The first-order valence-corrected chi connectivity index (χ1v) is 11.7. The first-order valence-electron chi connectivity index (χ1n) is 11.7. The molecule has 5 aromatic rings. The van der Waals surface area contributed by atoms with Crippen LogP contribution in [-0.2, 0) is 0 Å². The van der Waals surface area contributed by atoms with Crippen molar-refractivity contribution < 1.29 is 4.74 Å². The van der Waals surface area contributed by atoms with E-state index in [0.29, 0.717) is 0 Å². The minimum Gasteiger partial charge on any atom is -0.497 e. The number of nitrogens with zero attached hydrogens (tertiary/aromatic N) is 1. The Morgan fingerprint density at radius 2 is 0.971 bits per heavy atom. The minimum absolute atomic E-state index is 0.843. The van der Waals surface area contributed by atoms with Crippen molar-refractivity contribution in [2.75, 3.05) is 12.0 Å². The molecule has 0 aliphatic rings. The molecular formula is C33H27NO. The molecule has 0 aliphatic heterocycles. The van der Waals surface area contributed by atoms with Crippen molar-refractivity contribution >= 4 is 28.7 Å². The Kier molecular flexibility index (Phi) is 6.72. The van der Waals surface area contributed by atoms with E-state index in [1.807, 2.05) is 24.3 Å². The van der Waals surface area contributed by atoms with Crippen molar-refractivity contribution in [3.8, 4) is 5.75 Å². The van der Waals surface area contributed by atoms with Crippen molar-refractivity contribution in [3.05, 3.63) is 156 Å². The van der Waals surface area contributed by atoms with Crippen LogP contribution in [0.25, 0.3) is 11.6 Å². The number of rotatable bonds is 7. The van der Waals surface area contributed by atoms with Gasteiger partial charge in [-0.15, -0.1) is 0 Å². The van der Waals surface area contributed by atoms with Crippen LogP contribution in [0.3, 0.4) is 0 Å². The van der Waals surface area contributed by atoms with E-state index < -0.39 is 0 Å². The molecule has 0 fully saturated rings. The molecule has 0 saturated carbocycles. The molecule has 2 nitrogen and oxygen atoms in total. The number of para-hydroxylation sites is 1. The Morgan fingerprint density at radius 3 is 1.54 bits per heavy atom. The lowest BCUT2D eigenvalue weighted by molar-refractivity contribution is 0.415. The van der Waals surface area contributed by atoms with Crippen LogP contribution in [0.15, 0.2) is 140 Å². The molecule has 0 radical (unpaired) electrons. The highest BCUT2D eigenvalue weighted by molar-refractivity contribution is 5.92. The monoisotopic (exact) mass is 453 g/mol. The van der Waals surface area contributed by atoms with Crippen LogP contribution in [0.4, 0.5) is 17.1 Å². The summed E-state index contributed by atoms with van der Waals surface area (Å²) < 4.78 is 5.37. The molecule has 0 heterocycles. The third-order valence-corrected chi connectivity index (χ3v) is 5.98. The van der Waals surface area contributed by atoms with Gasteiger partial charge in [-0.05, 0) is 76.9 Å². The normalized spacial score (nSPS) is 11.2. The minimum atomic E-state index is 0.843. The van der Waals surface area contributed by atoms with Crippen LogP contribution in [0, 0.1) is 0 Å². The van der Waals surface area contributed by atoms with Gasteiger partial charge in [-0.1, -0.05) is 91.0 Å². The molecule has 170 valence electrons. The van der Waals surface area contributed by atoms with E-state index >= 15 is 0 Å². The zero-order valence-electron chi connectivity index (χ0n) is 19.7. The third-order valence-electron chi connectivity index (χ3n) is 5.98. The molecule has 0 aliphatic carbocycles. The molecule has 0 bridgehead atoms. The summed E-state index contributed by atoms with van der Waals surface area (Å²) in [6, 6.07) is 48.4. The largest absolute Gasteiger partial charge is 0.497 e. The number of hydrogen-bond donors (Lipinski definition) is 0. The second kappa shape index (κ2) is 10.6. The molecule has 0 amide bonds. The molecule has 0 N–H and O–H groups in total. The molecule has 0 aromatic heterocycles. The highest BCUT2D eigenvalue weighted by Gasteiger charge is 2.13. The van der Waals surface area contributed by atoms with Crippen LogP contribution in [-0.4, -0.2) is 7.11 Å². The predicted octanol–water partition coefficient (Wildman–Crippen LogP) is 8.75. The van der Waals surface area contributed by atoms with Crippen LogP contribution in [0.2, 0.25) is 0 Å². The van der Waals surface area contributed by atoms with Crippen molar-refractivity contribution in [1.82, 2.24) is 0 Å². The van der Waals surface area contributed by atoms with Crippen LogP contribution >= 0.6 is 0 Å². The van der Waals surface area contributed by atoms with Crippen molar-refractivity contribution in [3.63, 3.8) is 0 Å². The van der Waals surface area contributed by atoms with Gasteiger partial charge in [0.05, 0.1) is 7.11 Å². The first kappa shape index (κ1) is 22.2. The Balaban J connectivity index is 1.56. The zero-order valence-corrected chi connectivity index (χ0v) is 19.7. The average molecular weight is 454 g/mol. The lowest BCUT2D eigenvalue weighted by atomic mass is 9.95. The quantitative estimate of drug-likeness (QED) is 0.228. The van der Waals surface area contributed by atoms with Crippen LogP contribution < -0.4 is 9.64 Å². The van der Waals surface area contributed by atoms with E-state index in [4.69, 9.17) is 4.74 Å². The van der Waals surface area contributed by atoms with Gasteiger partial charge in [0.15, 0.2) is 0 Å². The highest BCUT2D eigenvalue weighted by atomic mass is 16.5. The Hall–Kier alpha value is -4.56. The fourth-order valence-corrected chi connectivity index (χ4v) is 4.21. The van der Waals surface area contributed by atoms with E-state index in [0.717, 1.165) is 22.8 Å². The van der Waals surface area contributed by atoms with Crippen molar-refractivity contribution in [2.24, 2.45) is 0 Å². The van der Waals surface area contributed by atoms with E-state index in [9.17, 15) is 0 Å². The molecule has 2 heteroatoms. The summed E-state index contributed by atoms with van der Waals surface area (Å²) in [5.41, 5.74) is 8.02. The standard InChI is InChI=1S/C33H27NO/c1-35-32-23-21-31(22-24-32)34(29-15-9-4-10-16-29)30-19-17-28(18-20-30)33(27-13-7-3-8-14-27)25-26-11-5-2-6-12-26/h2-25H,1H3. The molecule has 0 atom stereocenters. The van der Waals surface area contributed by atoms with Gasteiger partial charge >= 0.3 is 0 Å². The first-order chi connectivity index (χ1) is 17.3. The van der Waals surface area contributed by atoms with Crippen molar-refractivity contribution in [1.29, 1.82) is 0 Å². The number of hydrogen-bond acceptors (Lipinski definition) is 2. The second-order valence-corrected chi connectivity index (χ2v) is 8.25. The van der Waals surface area contributed by atoms with Gasteiger partial charge in [0.25, 0.3) is 0 Å². The number of methoxy groups -OCH3 is 1. The highest BCUT2D eigenvalue weighted by Crippen LogP contribution is 2.36. The average Bonchev–Trinajstić information content (AvgIpc) is 2.94. The summed E-state index contributed by atoms with van der Waals surface area (Å²) in [7, 11) is 1.69. The van der Waals surface area contributed by atoms with Crippen LogP contribution in [0.1, 0.15) is 16.7 Å². The smallest absolute Gasteiger partial charge is 0.119 e. The lowest BCUT2D eigenvalue weighted by Crippen LogP contribution is -2.09. The van der Waals surface area contributed by atoms with Crippen LogP contribution in [0.5, 0.6) is 5.75 Å². The van der Waals surface area contributed by atoms with E-state index in [1.54, 1.807) is 7.11 Å². The fourth-order valence-electron chi connectivity index (χ4n) is 4.21. The molecule has 0 spiro atoms. The topological polar surface area (TPSA) is 12.5 Å². The summed E-state index contributed by atoms with van der Waals surface area (Å²) in [4.78, 5) is 2.26. The maximum absolute atomic E-state index is 5.37. The third kappa shape index (κ3) is 5.18. The molecular weight excluding hydrogens is 426 g/mol. The Labute approximate surface area is 207 Å². The summed E-state index contributed by atoms with van der Waals surface area (Å²) >= 11 is 0. The molecule has 5 rings (SSSR count). The molecule has 35 heavy (non-hydrogen) atoms. The molecule has 5 aromatic carbocycles. The number of benzene rings is 5. The lowest BCUT2D eigenvalue weighted by Gasteiger charge is -2.26. The molecule has 0 unspecified atom stereocenters. The number of anilines is 3. The molecule has 0 saturated heterocycles. The summed E-state index contributed by atoms with van der Waals surface area (Å²) in [6.45, 7) is 0. The maximum atomic E-state index is 5.37. The zero-order chi connectivity index (χ0) is 23.9. The van der Waals surface area contributed by atoms with E-state index in [1.165, 1.54) is 22.3 Å². The van der Waals surface area contributed by atoms with Crippen molar-refractivity contribution in [2.45, 2.75) is 0 Å². The van der Waals surface area contributed by atoms with E-state index in [-0.39, 0.29) is 0 Å². The van der Waals surface area contributed by atoms with Gasteiger partial charge in [0, 0.05) is 17.1 Å². The Bertz CT molecular complexity index is 1380. The SMILES string of the molecule is COc1ccc(N(c2ccccc2)c2ccc(C(=Cc3ccccc3)c3ccccc3)cc2)cc1. The van der Waals surface area contributed by atoms with Gasteiger partial charge in [-0.2, -0.15) is 0 Å². The fraction of sp³-hybridized carbons (Fsp3) is 0.0303. The van der Waals surface area contributed by atoms with Gasteiger partial charge in [-0.25, -0.2) is 0 Å².